The predicted octanol–water partition coefficient (Wildman–Crippen LogP) is 2.45. The van der Waals surface area contributed by atoms with Crippen molar-refractivity contribution in [2.45, 2.75) is 19.8 Å². The molecule has 0 bridgehead atoms. The Morgan fingerprint density at radius 3 is 2.67 bits per heavy atom. The molecule has 3 rings (SSSR count). The van der Waals surface area contributed by atoms with Gasteiger partial charge >= 0.3 is 0 Å². The molecule has 0 fully saturated rings. The van der Waals surface area contributed by atoms with Crippen molar-refractivity contribution in [3.05, 3.63) is 40.3 Å². The zero-order valence-electron chi connectivity index (χ0n) is 12.1. The Morgan fingerprint density at radius 1 is 1.19 bits per heavy atom. The molecule has 2 aromatic heterocycles. The van der Waals surface area contributed by atoms with E-state index >= 15 is 0 Å². The van der Waals surface area contributed by atoms with Gasteiger partial charge < -0.3 is 9.72 Å². The Kier molecular flexibility index (Phi) is 3.21. The van der Waals surface area contributed by atoms with Gasteiger partial charge in [0.2, 0.25) is 0 Å². The molecule has 0 unspecified atom stereocenters. The fourth-order valence-corrected chi connectivity index (χ4v) is 2.30. The Morgan fingerprint density at radius 2 is 1.95 bits per heavy atom. The third-order valence-electron chi connectivity index (χ3n) is 3.38. The minimum Gasteiger partial charge on any atom is -0.496 e. The number of methoxy groups -OCH3 is 1. The molecule has 21 heavy (non-hydrogen) atoms. The summed E-state index contributed by atoms with van der Waals surface area (Å²) in [5.41, 5.74) is 2.28. The number of rotatable bonds is 3. The topological polar surface area (TPSA) is 83.7 Å². The number of aromatic amines is 2. The lowest BCUT2D eigenvalue weighted by Crippen LogP contribution is -2.10. The van der Waals surface area contributed by atoms with E-state index in [9.17, 15) is 4.79 Å². The van der Waals surface area contributed by atoms with Gasteiger partial charge in [0.25, 0.3) is 5.56 Å². The van der Waals surface area contributed by atoms with Gasteiger partial charge in [-0.05, 0) is 18.1 Å². The summed E-state index contributed by atoms with van der Waals surface area (Å²) in [4.78, 5) is 19.5. The van der Waals surface area contributed by atoms with E-state index in [0.717, 1.165) is 11.3 Å². The second kappa shape index (κ2) is 5.05. The first-order valence-electron chi connectivity index (χ1n) is 6.73. The molecular weight excluding hydrogens is 268 g/mol. The zero-order valence-corrected chi connectivity index (χ0v) is 12.1. The number of H-pyrrole nitrogens is 2. The SMILES string of the molecule is COc1ccccc1-c1nc2c(C(C)C)[nH]nc2c(=O)[nH]1. The minimum atomic E-state index is -0.260. The van der Waals surface area contributed by atoms with Crippen molar-refractivity contribution in [1.29, 1.82) is 0 Å². The Hall–Kier alpha value is -2.63. The van der Waals surface area contributed by atoms with Crippen LogP contribution in [0.25, 0.3) is 22.4 Å². The van der Waals surface area contributed by atoms with Crippen LogP contribution in [-0.2, 0) is 0 Å². The Balaban J connectivity index is 2.29. The largest absolute Gasteiger partial charge is 0.496 e. The van der Waals surface area contributed by atoms with Crippen molar-refractivity contribution in [2.24, 2.45) is 0 Å². The van der Waals surface area contributed by atoms with Gasteiger partial charge in [-0.15, -0.1) is 0 Å². The lowest BCUT2D eigenvalue weighted by atomic mass is 10.1. The number of ether oxygens (including phenoxy) is 1. The van der Waals surface area contributed by atoms with E-state index in [2.05, 4.69) is 20.2 Å². The number of hydrogen-bond acceptors (Lipinski definition) is 4. The summed E-state index contributed by atoms with van der Waals surface area (Å²) in [7, 11) is 1.59. The quantitative estimate of drug-likeness (QED) is 0.773. The molecule has 0 spiro atoms. The predicted molar refractivity (Wildman–Crippen MR) is 80.6 cm³/mol. The molecule has 2 heterocycles. The summed E-state index contributed by atoms with van der Waals surface area (Å²) in [5, 5.41) is 6.95. The normalized spacial score (nSPS) is 11.2. The number of aromatic nitrogens is 4. The highest BCUT2D eigenvalue weighted by molar-refractivity contribution is 5.79. The molecule has 0 aliphatic heterocycles. The standard InChI is InChI=1S/C15H16N4O2/c1-8(2)11-12-13(19-18-11)15(20)17-14(16-12)9-6-4-5-7-10(9)21-3/h4-8H,1-3H3,(H,18,19)(H,16,17,20). The minimum absolute atomic E-state index is 0.204. The van der Waals surface area contributed by atoms with Crippen molar-refractivity contribution in [3.63, 3.8) is 0 Å². The number of nitrogens with one attached hydrogen (secondary N) is 2. The van der Waals surface area contributed by atoms with Crippen LogP contribution in [-0.4, -0.2) is 27.3 Å². The molecule has 3 aromatic rings. The van der Waals surface area contributed by atoms with E-state index in [4.69, 9.17) is 4.74 Å². The molecule has 0 radical (unpaired) electrons. The molecule has 108 valence electrons. The molecule has 0 atom stereocenters. The van der Waals surface area contributed by atoms with Crippen molar-refractivity contribution in [3.8, 4) is 17.1 Å². The van der Waals surface area contributed by atoms with Crippen molar-refractivity contribution in [2.75, 3.05) is 7.11 Å². The first-order chi connectivity index (χ1) is 10.1. The highest BCUT2D eigenvalue weighted by Gasteiger charge is 2.16. The highest BCUT2D eigenvalue weighted by atomic mass is 16.5. The van der Waals surface area contributed by atoms with Crippen molar-refractivity contribution in [1.82, 2.24) is 20.2 Å². The fraction of sp³-hybridized carbons (Fsp3) is 0.267. The lowest BCUT2D eigenvalue weighted by Gasteiger charge is -2.07. The number of para-hydroxylation sites is 1. The van der Waals surface area contributed by atoms with E-state index in [1.807, 2.05) is 38.1 Å². The van der Waals surface area contributed by atoms with E-state index in [-0.39, 0.29) is 11.5 Å². The second-order valence-electron chi connectivity index (χ2n) is 5.10. The highest BCUT2D eigenvalue weighted by Crippen LogP contribution is 2.28. The van der Waals surface area contributed by atoms with Gasteiger partial charge in [0.05, 0.1) is 18.4 Å². The summed E-state index contributed by atoms with van der Waals surface area (Å²) >= 11 is 0. The van der Waals surface area contributed by atoms with Crippen LogP contribution in [0.5, 0.6) is 5.75 Å². The molecule has 0 aliphatic carbocycles. The summed E-state index contributed by atoms with van der Waals surface area (Å²) in [6.45, 7) is 4.05. The third kappa shape index (κ3) is 2.18. The summed E-state index contributed by atoms with van der Waals surface area (Å²) in [6.07, 6.45) is 0. The molecule has 2 N–H and O–H groups in total. The molecule has 0 amide bonds. The van der Waals surface area contributed by atoms with E-state index in [0.29, 0.717) is 22.6 Å². The van der Waals surface area contributed by atoms with Crippen LogP contribution in [0.3, 0.4) is 0 Å². The number of hydrogen-bond donors (Lipinski definition) is 2. The van der Waals surface area contributed by atoms with E-state index in [1.54, 1.807) is 7.11 Å². The summed E-state index contributed by atoms with van der Waals surface area (Å²) in [6, 6.07) is 7.44. The van der Waals surface area contributed by atoms with E-state index in [1.165, 1.54) is 0 Å². The van der Waals surface area contributed by atoms with Crippen LogP contribution in [0.2, 0.25) is 0 Å². The van der Waals surface area contributed by atoms with Gasteiger partial charge in [0.15, 0.2) is 5.52 Å². The maximum Gasteiger partial charge on any atom is 0.279 e. The maximum atomic E-state index is 12.2. The monoisotopic (exact) mass is 284 g/mol. The van der Waals surface area contributed by atoms with Crippen LogP contribution in [0.15, 0.2) is 29.1 Å². The van der Waals surface area contributed by atoms with Gasteiger partial charge in [-0.25, -0.2) is 4.98 Å². The number of nitrogens with zero attached hydrogens (tertiary/aromatic N) is 2. The van der Waals surface area contributed by atoms with Crippen LogP contribution < -0.4 is 10.3 Å². The fourth-order valence-electron chi connectivity index (χ4n) is 2.30. The van der Waals surface area contributed by atoms with E-state index < -0.39 is 0 Å². The number of fused-ring (bicyclic) bond motifs is 1. The van der Waals surface area contributed by atoms with Gasteiger partial charge in [-0.1, -0.05) is 26.0 Å². The Bertz CT molecular complexity index is 848. The van der Waals surface area contributed by atoms with Crippen LogP contribution >= 0.6 is 0 Å². The number of benzene rings is 1. The second-order valence-corrected chi connectivity index (χ2v) is 5.10. The van der Waals surface area contributed by atoms with Crippen LogP contribution in [0.4, 0.5) is 0 Å². The Labute approximate surface area is 121 Å². The molecule has 0 aliphatic rings. The molecule has 0 saturated carbocycles. The maximum absolute atomic E-state index is 12.2. The van der Waals surface area contributed by atoms with Crippen molar-refractivity contribution >= 4 is 11.0 Å². The molecule has 6 heteroatoms. The van der Waals surface area contributed by atoms with Crippen LogP contribution in [0.1, 0.15) is 25.5 Å². The van der Waals surface area contributed by atoms with Gasteiger partial charge in [0, 0.05) is 0 Å². The average molecular weight is 284 g/mol. The third-order valence-corrected chi connectivity index (χ3v) is 3.38. The smallest absolute Gasteiger partial charge is 0.279 e. The lowest BCUT2D eigenvalue weighted by molar-refractivity contribution is 0.416. The molecular formula is C15H16N4O2. The first-order valence-corrected chi connectivity index (χ1v) is 6.73. The van der Waals surface area contributed by atoms with Gasteiger partial charge in [-0.2, -0.15) is 5.10 Å². The van der Waals surface area contributed by atoms with Gasteiger partial charge in [-0.3, -0.25) is 9.89 Å². The van der Waals surface area contributed by atoms with Gasteiger partial charge in [0.1, 0.15) is 17.1 Å². The summed E-state index contributed by atoms with van der Waals surface area (Å²) in [5.74, 6) is 1.35. The van der Waals surface area contributed by atoms with Crippen LogP contribution in [0, 0.1) is 0 Å². The molecule has 0 saturated heterocycles. The molecule has 6 nitrogen and oxygen atoms in total. The first kappa shape index (κ1) is 13.4. The molecule has 1 aromatic carbocycles. The van der Waals surface area contributed by atoms with Crippen molar-refractivity contribution < 1.29 is 4.74 Å². The summed E-state index contributed by atoms with van der Waals surface area (Å²) < 4.78 is 5.33. The average Bonchev–Trinajstić information content (AvgIpc) is 2.91. The zero-order chi connectivity index (χ0) is 15.0.